The van der Waals surface area contributed by atoms with Crippen LogP contribution in [0.1, 0.15) is 16.0 Å². The molecule has 3 aromatic rings. The first-order valence-electron chi connectivity index (χ1n) is 8.72. The maximum absolute atomic E-state index is 13.7. The van der Waals surface area contributed by atoms with Crippen LogP contribution in [0.15, 0.2) is 65.7 Å². The predicted molar refractivity (Wildman–Crippen MR) is 110 cm³/mol. The minimum absolute atomic E-state index is 0.196. The van der Waals surface area contributed by atoms with Crippen LogP contribution >= 0.6 is 11.3 Å². The summed E-state index contributed by atoms with van der Waals surface area (Å²) in [6, 6.07) is 15.0. The molecule has 2 aromatic carbocycles. The molecule has 4 nitrogen and oxygen atoms in total. The van der Waals surface area contributed by atoms with Crippen LogP contribution in [-0.2, 0) is 9.59 Å². The predicted octanol–water partition coefficient (Wildman–Crippen LogP) is 4.90. The molecule has 1 aliphatic heterocycles. The number of benzene rings is 2. The van der Waals surface area contributed by atoms with E-state index < -0.39 is 17.6 Å². The summed E-state index contributed by atoms with van der Waals surface area (Å²) in [7, 11) is 0. The van der Waals surface area contributed by atoms with Crippen molar-refractivity contribution in [3.8, 4) is 0 Å². The summed E-state index contributed by atoms with van der Waals surface area (Å²) >= 11 is 1.38. The zero-order chi connectivity index (χ0) is 19.8. The highest BCUT2D eigenvalue weighted by Crippen LogP contribution is 2.35. The molecule has 0 saturated heterocycles. The van der Waals surface area contributed by atoms with E-state index in [1.807, 2.05) is 43.5 Å². The Morgan fingerprint density at radius 2 is 1.68 bits per heavy atom. The summed E-state index contributed by atoms with van der Waals surface area (Å²) in [5.74, 6) is -1.48. The second-order valence-electron chi connectivity index (χ2n) is 6.65. The molecule has 28 heavy (non-hydrogen) atoms. The van der Waals surface area contributed by atoms with Crippen LogP contribution in [0.4, 0.5) is 15.8 Å². The molecule has 1 aromatic heterocycles. The van der Waals surface area contributed by atoms with Gasteiger partial charge in [-0.2, -0.15) is 0 Å². The standard InChI is InChI=1S/C22H17FN2O2S/c1-13-9-14(2)11-16(10-13)24-20-19(18-7-4-8-28-18)21(26)25(22(20)27)17-6-3-5-15(23)12-17/h3-12,24H,1-2H3. The Bertz CT molecular complexity index is 1100. The average molecular weight is 392 g/mol. The molecule has 2 amide bonds. The molecule has 0 aliphatic carbocycles. The Kier molecular flexibility index (Phi) is 4.57. The van der Waals surface area contributed by atoms with Gasteiger partial charge in [0.15, 0.2) is 0 Å². The number of anilines is 2. The minimum Gasteiger partial charge on any atom is -0.350 e. The third kappa shape index (κ3) is 3.23. The molecule has 0 bridgehead atoms. The Morgan fingerprint density at radius 1 is 0.929 bits per heavy atom. The fourth-order valence-corrected chi connectivity index (χ4v) is 4.10. The lowest BCUT2D eigenvalue weighted by molar-refractivity contribution is -0.120. The van der Waals surface area contributed by atoms with Crippen molar-refractivity contribution >= 4 is 40.1 Å². The SMILES string of the molecule is Cc1cc(C)cc(NC2=C(c3cccs3)C(=O)N(c3cccc(F)c3)C2=O)c1. The van der Waals surface area contributed by atoms with E-state index in [-0.39, 0.29) is 11.4 Å². The molecule has 6 heteroatoms. The van der Waals surface area contributed by atoms with Crippen molar-refractivity contribution in [2.75, 3.05) is 10.2 Å². The second kappa shape index (κ2) is 7.05. The number of rotatable bonds is 4. The summed E-state index contributed by atoms with van der Waals surface area (Å²) in [6.07, 6.45) is 0. The van der Waals surface area contributed by atoms with Crippen LogP contribution in [0.25, 0.3) is 5.57 Å². The number of imide groups is 1. The Hall–Kier alpha value is -3.25. The molecule has 4 rings (SSSR count). The first-order chi connectivity index (χ1) is 13.4. The van der Waals surface area contributed by atoms with E-state index in [2.05, 4.69) is 5.32 Å². The lowest BCUT2D eigenvalue weighted by atomic mass is 10.1. The van der Waals surface area contributed by atoms with Gasteiger partial charge in [-0.1, -0.05) is 18.2 Å². The normalized spacial score (nSPS) is 14.2. The fourth-order valence-electron chi connectivity index (χ4n) is 3.34. The number of nitrogens with one attached hydrogen (secondary N) is 1. The van der Waals surface area contributed by atoms with Gasteiger partial charge in [0.2, 0.25) is 0 Å². The fraction of sp³-hybridized carbons (Fsp3) is 0.0909. The molecule has 1 N–H and O–H groups in total. The van der Waals surface area contributed by atoms with Gasteiger partial charge >= 0.3 is 0 Å². The van der Waals surface area contributed by atoms with Crippen molar-refractivity contribution < 1.29 is 14.0 Å². The van der Waals surface area contributed by atoms with Gasteiger partial charge in [0.1, 0.15) is 11.5 Å². The molecule has 0 radical (unpaired) electrons. The number of hydrogen-bond donors (Lipinski definition) is 1. The van der Waals surface area contributed by atoms with Crippen LogP contribution in [0.5, 0.6) is 0 Å². The first-order valence-corrected chi connectivity index (χ1v) is 9.60. The number of amides is 2. The topological polar surface area (TPSA) is 49.4 Å². The zero-order valence-corrected chi connectivity index (χ0v) is 16.1. The summed E-state index contributed by atoms with van der Waals surface area (Å²) in [6.45, 7) is 3.93. The number of halogens is 1. The number of carbonyl (C=O) groups is 2. The van der Waals surface area contributed by atoms with E-state index in [0.717, 1.165) is 21.7 Å². The van der Waals surface area contributed by atoms with Gasteiger partial charge < -0.3 is 5.32 Å². The molecule has 0 unspecified atom stereocenters. The quantitative estimate of drug-likeness (QED) is 0.643. The monoisotopic (exact) mass is 392 g/mol. The van der Waals surface area contributed by atoms with Gasteiger partial charge in [-0.3, -0.25) is 9.59 Å². The van der Waals surface area contributed by atoms with Crippen LogP contribution in [-0.4, -0.2) is 11.8 Å². The smallest absolute Gasteiger partial charge is 0.282 e. The number of carbonyl (C=O) groups excluding carboxylic acids is 2. The van der Waals surface area contributed by atoms with E-state index in [4.69, 9.17) is 0 Å². The Morgan fingerprint density at radius 3 is 2.32 bits per heavy atom. The van der Waals surface area contributed by atoms with Gasteiger partial charge in [-0.05, 0) is 66.8 Å². The number of thiophene rings is 1. The van der Waals surface area contributed by atoms with E-state index >= 15 is 0 Å². The number of nitrogens with zero attached hydrogens (tertiary/aromatic N) is 1. The summed E-state index contributed by atoms with van der Waals surface area (Å²) < 4.78 is 13.7. The van der Waals surface area contributed by atoms with Crippen molar-refractivity contribution in [3.05, 3.63) is 87.5 Å². The molecular formula is C22H17FN2O2S. The van der Waals surface area contributed by atoms with Crippen LogP contribution in [0.3, 0.4) is 0 Å². The van der Waals surface area contributed by atoms with Crippen molar-refractivity contribution in [3.63, 3.8) is 0 Å². The third-order valence-corrected chi connectivity index (χ3v) is 5.30. The highest BCUT2D eigenvalue weighted by Gasteiger charge is 2.40. The molecule has 0 saturated carbocycles. The molecule has 2 heterocycles. The van der Waals surface area contributed by atoms with Crippen molar-refractivity contribution in [2.45, 2.75) is 13.8 Å². The summed E-state index contributed by atoms with van der Waals surface area (Å²) in [4.78, 5) is 28.0. The highest BCUT2D eigenvalue weighted by molar-refractivity contribution is 7.11. The van der Waals surface area contributed by atoms with Gasteiger partial charge in [-0.25, -0.2) is 9.29 Å². The van der Waals surface area contributed by atoms with E-state index in [1.54, 1.807) is 12.1 Å². The van der Waals surface area contributed by atoms with Crippen LogP contribution < -0.4 is 10.2 Å². The lowest BCUT2D eigenvalue weighted by Crippen LogP contribution is -2.32. The summed E-state index contributed by atoms with van der Waals surface area (Å²) in [5.41, 5.74) is 3.51. The van der Waals surface area contributed by atoms with E-state index in [1.165, 1.54) is 29.5 Å². The highest BCUT2D eigenvalue weighted by atomic mass is 32.1. The van der Waals surface area contributed by atoms with Gasteiger partial charge in [0, 0.05) is 10.6 Å². The third-order valence-electron chi connectivity index (χ3n) is 4.41. The molecule has 0 spiro atoms. The minimum atomic E-state index is -0.508. The number of hydrogen-bond acceptors (Lipinski definition) is 4. The Balaban J connectivity index is 1.81. The summed E-state index contributed by atoms with van der Waals surface area (Å²) in [5, 5.41) is 4.98. The molecule has 0 fully saturated rings. The molecule has 1 aliphatic rings. The van der Waals surface area contributed by atoms with Gasteiger partial charge in [-0.15, -0.1) is 11.3 Å². The van der Waals surface area contributed by atoms with Crippen molar-refractivity contribution in [2.24, 2.45) is 0 Å². The maximum atomic E-state index is 13.7. The molecular weight excluding hydrogens is 375 g/mol. The average Bonchev–Trinajstić information content (AvgIpc) is 3.21. The Labute approximate surface area is 165 Å². The molecule has 0 atom stereocenters. The lowest BCUT2D eigenvalue weighted by Gasteiger charge is -2.15. The number of aryl methyl sites for hydroxylation is 2. The maximum Gasteiger partial charge on any atom is 0.282 e. The van der Waals surface area contributed by atoms with Crippen molar-refractivity contribution in [1.29, 1.82) is 0 Å². The van der Waals surface area contributed by atoms with Crippen LogP contribution in [0, 0.1) is 19.7 Å². The second-order valence-corrected chi connectivity index (χ2v) is 7.60. The van der Waals surface area contributed by atoms with Crippen LogP contribution in [0.2, 0.25) is 0 Å². The molecule has 140 valence electrons. The zero-order valence-electron chi connectivity index (χ0n) is 15.3. The van der Waals surface area contributed by atoms with E-state index in [9.17, 15) is 14.0 Å². The largest absolute Gasteiger partial charge is 0.350 e. The van der Waals surface area contributed by atoms with E-state index in [0.29, 0.717) is 10.5 Å². The van der Waals surface area contributed by atoms with Gasteiger partial charge in [0.25, 0.3) is 11.8 Å². The van der Waals surface area contributed by atoms with Gasteiger partial charge in [0.05, 0.1) is 11.3 Å². The van der Waals surface area contributed by atoms with Crippen molar-refractivity contribution in [1.82, 2.24) is 0 Å². The first kappa shape index (κ1) is 18.1.